The number of hydrogen-bond donors (Lipinski definition) is 2. The molecule has 0 radical (unpaired) electrons. The van der Waals surface area contributed by atoms with Crippen LogP contribution in [-0.2, 0) is 5.41 Å². The Morgan fingerprint density at radius 3 is 2.40 bits per heavy atom. The van der Waals surface area contributed by atoms with E-state index in [4.69, 9.17) is 0 Å². The van der Waals surface area contributed by atoms with E-state index in [1.165, 1.54) is 0 Å². The van der Waals surface area contributed by atoms with Crippen molar-refractivity contribution >= 4 is 5.91 Å². The summed E-state index contributed by atoms with van der Waals surface area (Å²) >= 11 is 0. The Hall–Kier alpha value is -1.43. The lowest BCUT2D eigenvalue weighted by atomic mass is 9.90. The maximum atomic E-state index is 12.4. The second-order valence-electron chi connectivity index (χ2n) is 6.86. The number of aromatic nitrogens is 3. The second-order valence-corrected chi connectivity index (χ2v) is 6.86. The zero-order valence-electron chi connectivity index (χ0n) is 13.1. The highest BCUT2D eigenvalue weighted by Gasteiger charge is 2.32. The van der Waals surface area contributed by atoms with Gasteiger partial charge in [0.25, 0.3) is 5.91 Å². The van der Waals surface area contributed by atoms with Gasteiger partial charge in [0.2, 0.25) is 5.82 Å². The number of nitrogens with zero attached hydrogens (tertiary/aromatic N) is 3. The summed E-state index contributed by atoms with van der Waals surface area (Å²) in [5.41, 5.74) is 0.00445. The molecule has 1 aromatic rings. The van der Waals surface area contributed by atoms with Crippen molar-refractivity contribution in [1.82, 2.24) is 25.4 Å². The average Bonchev–Trinajstić information content (AvgIpc) is 2.88. The molecule has 112 valence electrons. The van der Waals surface area contributed by atoms with Gasteiger partial charge < -0.3 is 10.2 Å². The third-order valence-electron chi connectivity index (χ3n) is 4.14. The summed E-state index contributed by atoms with van der Waals surface area (Å²) in [6.45, 7) is 9.81. The molecule has 1 aliphatic heterocycles. The van der Waals surface area contributed by atoms with Crippen LogP contribution in [0.5, 0.6) is 0 Å². The van der Waals surface area contributed by atoms with Crippen LogP contribution in [0, 0.1) is 0 Å². The summed E-state index contributed by atoms with van der Waals surface area (Å²) in [6.07, 6.45) is 1.90. The monoisotopic (exact) mass is 279 g/mol. The van der Waals surface area contributed by atoms with E-state index in [2.05, 4.69) is 27.4 Å². The number of amides is 1. The summed E-state index contributed by atoms with van der Waals surface area (Å²) < 4.78 is 0. The molecule has 2 heterocycles. The normalized spacial score (nSPS) is 19.1. The molecule has 0 saturated carbocycles. The zero-order valence-corrected chi connectivity index (χ0v) is 13.1. The number of nitrogens with one attached hydrogen (secondary N) is 2. The van der Waals surface area contributed by atoms with E-state index in [1.54, 1.807) is 0 Å². The van der Waals surface area contributed by atoms with Crippen LogP contribution in [0.1, 0.15) is 57.0 Å². The summed E-state index contributed by atoms with van der Waals surface area (Å²) in [5, 5.41) is 10.3. The summed E-state index contributed by atoms with van der Waals surface area (Å²) in [7, 11) is 1.97. The third kappa shape index (κ3) is 3.00. The molecule has 0 bridgehead atoms. The molecule has 1 fully saturated rings. The van der Waals surface area contributed by atoms with Crippen molar-refractivity contribution in [3.8, 4) is 0 Å². The average molecular weight is 279 g/mol. The number of aromatic amines is 1. The Labute approximate surface area is 120 Å². The lowest BCUT2D eigenvalue weighted by molar-refractivity contribution is 0.0650. The van der Waals surface area contributed by atoms with E-state index in [9.17, 15) is 4.79 Å². The molecule has 0 aliphatic carbocycles. The maximum Gasteiger partial charge on any atom is 0.293 e. The largest absolute Gasteiger partial charge is 0.336 e. The topological polar surface area (TPSA) is 73.9 Å². The fraction of sp³-hybridized carbons (Fsp3) is 0.786. The van der Waals surface area contributed by atoms with Gasteiger partial charge in [-0.25, -0.2) is 4.98 Å². The lowest BCUT2D eigenvalue weighted by Gasteiger charge is -2.38. The van der Waals surface area contributed by atoms with E-state index in [-0.39, 0.29) is 22.7 Å². The van der Waals surface area contributed by atoms with Crippen molar-refractivity contribution in [3.05, 3.63) is 11.6 Å². The molecule has 1 saturated heterocycles. The number of H-pyrrole nitrogens is 1. The van der Waals surface area contributed by atoms with Crippen LogP contribution < -0.4 is 5.32 Å². The maximum absolute atomic E-state index is 12.4. The highest BCUT2D eigenvalue weighted by Crippen LogP contribution is 2.22. The molecule has 6 nitrogen and oxygen atoms in total. The van der Waals surface area contributed by atoms with Crippen LogP contribution in [0.3, 0.4) is 0 Å². The van der Waals surface area contributed by atoms with Crippen molar-refractivity contribution in [2.75, 3.05) is 20.1 Å². The van der Waals surface area contributed by atoms with Crippen LogP contribution in [0.4, 0.5) is 0 Å². The van der Waals surface area contributed by atoms with E-state index >= 15 is 0 Å². The SMILES string of the molecule is CNC1(C)CCN(C(=O)c2n[nH]c(C(C)(C)C)n2)CC1. The van der Waals surface area contributed by atoms with Crippen LogP contribution in [0.25, 0.3) is 0 Å². The molecule has 0 unspecified atom stereocenters. The molecular weight excluding hydrogens is 254 g/mol. The number of rotatable bonds is 2. The summed E-state index contributed by atoms with van der Waals surface area (Å²) in [5.74, 6) is 0.954. The number of hydrogen-bond acceptors (Lipinski definition) is 4. The van der Waals surface area contributed by atoms with Gasteiger partial charge in [-0.1, -0.05) is 20.8 Å². The van der Waals surface area contributed by atoms with Crippen molar-refractivity contribution in [2.45, 2.75) is 51.5 Å². The van der Waals surface area contributed by atoms with Gasteiger partial charge in [-0.15, -0.1) is 5.10 Å². The summed E-state index contributed by atoms with van der Waals surface area (Å²) in [6, 6.07) is 0. The minimum Gasteiger partial charge on any atom is -0.336 e. The molecule has 20 heavy (non-hydrogen) atoms. The van der Waals surface area contributed by atoms with Crippen molar-refractivity contribution < 1.29 is 4.79 Å². The van der Waals surface area contributed by atoms with Gasteiger partial charge in [0.1, 0.15) is 5.82 Å². The molecule has 1 aromatic heterocycles. The first-order chi connectivity index (χ1) is 9.25. The quantitative estimate of drug-likeness (QED) is 0.856. The van der Waals surface area contributed by atoms with E-state index < -0.39 is 0 Å². The molecular formula is C14H25N5O. The van der Waals surface area contributed by atoms with E-state index in [0.717, 1.165) is 31.8 Å². The Morgan fingerprint density at radius 2 is 1.95 bits per heavy atom. The van der Waals surface area contributed by atoms with Crippen LogP contribution in [-0.4, -0.2) is 51.7 Å². The molecule has 2 rings (SSSR count). The van der Waals surface area contributed by atoms with Gasteiger partial charge >= 0.3 is 0 Å². The number of carbonyl (C=O) groups excluding carboxylic acids is 1. The van der Waals surface area contributed by atoms with Gasteiger partial charge in [0.05, 0.1) is 0 Å². The first-order valence-electron chi connectivity index (χ1n) is 7.16. The fourth-order valence-corrected chi connectivity index (χ4v) is 2.29. The number of likely N-dealkylation sites (tertiary alicyclic amines) is 1. The molecule has 6 heteroatoms. The zero-order chi connectivity index (χ0) is 15.0. The Morgan fingerprint density at radius 1 is 1.35 bits per heavy atom. The van der Waals surface area contributed by atoms with Crippen molar-refractivity contribution in [3.63, 3.8) is 0 Å². The number of carbonyl (C=O) groups is 1. The Kier molecular flexibility index (Phi) is 3.86. The Balaban J connectivity index is 2.04. The smallest absolute Gasteiger partial charge is 0.293 e. The molecule has 1 aliphatic rings. The standard InChI is InChI=1S/C14H25N5O/c1-13(2,3)12-16-10(17-18-12)11(20)19-8-6-14(4,15-5)7-9-19/h15H,6-9H2,1-5H3,(H,16,17,18). The van der Waals surface area contributed by atoms with Crippen LogP contribution in [0.2, 0.25) is 0 Å². The molecule has 0 atom stereocenters. The van der Waals surface area contributed by atoms with Crippen molar-refractivity contribution in [2.24, 2.45) is 0 Å². The van der Waals surface area contributed by atoms with Crippen molar-refractivity contribution in [1.29, 1.82) is 0 Å². The highest BCUT2D eigenvalue weighted by molar-refractivity contribution is 5.90. The predicted molar refractivity (Wildman–Crippen MR) is 77.7 cm³/mol. The highest BCUT2D eigenvalue weighted by atomic mass is 16.2. The first-order valence-corrected chi connectivity index (χ1v) is 7.16. The predicted octanol–water partition coefficient (Wildman–Crippen LogP) is 1.32. The van der Waals surface area contributed by atoms with Gasteiger partial charge in [-0.2, -0.15) is 0 Å². The van der Waals surface area contributed by atoms with Gasteiger partial charge in [0, 0.05) is 24.0 Å². The Bertz CT molecular complexity index is 480. The third-order valence-corrected chi connectivity index (χ3v) is 4.14. The number of piperidine rings is 1. The molecule has 1 amide bonds. The van der Waals surface area contributed by atoms with Crippen LogP contribution >= 0.6 is 0 Å². The van der Waals surface area contributed by atoms with Gasteiger partial charge in [0.15, 0.2) is 0 Å². The van der Waals surface area contributed by atoms with E-state index in [1.807, 2.05) is 32.7 Å². The van der Waals surface area contributed by atoms with E-state index in [0.29, 0.717) is 0 Å². The second kappa shape index (κ2) is 5.16. The van der Waals surface area contributed by atoms with Gasteiger partial charge in [-0.05, 0) is 26.8 Å². The molecule has 2 N–H and O–H groups in total. The molecule has 0 aromatic carbocycles. The fourth-order valence-electron chi connectivity index (χ4n) is 2.29. The van der Waals surface area contributed by atoms with Gasteiger partial charge in [-0.3, -0.25) is 9.89 Å². The first kappa shape index (κ1) is 15.0. The summed E-state index contributed by atoms with van der Waals surface area (Å²) in [4.78, 5) is 18.6. The van der Waals surface area contributed by atoms with Crippen LogP contribution in [0.15, 0.2) is 0 Å². The lowest BCUT2D eigenvalue weighted by Crippen LogP contribution is -2.51. The molecule has 0 spiro atoms. The minimum atomic E-state index is -0.127. The minimum absolute atomic E-state index is 0.0742.